The van der Waals surface area contributed by atoms with E-state index in [4.69, 9.17) is 4.74 Å². The molecule has 1 atom stereocenters. The highest BCUT2D eigenvalue weighted by molar-refractivity contribution is 5.68. The zero-order valence-corrected chi connectivity index (χ0v) is 13.5. The first kappa shape index (κ1) is 16.5. The Labute approximate surface area is 121 Å². The van der Waals surface area contributed by atoms with E-state index < -0.39 is 5.60 Å². The summed E-state index contributed by atoms with van der Waals surface area (Å²) in [5, 5.41) is 4.30. The lowest BCUT2D eigenvalue weighted by atomic mass is 10.2. The van der Waals surface area contributed by atoms with Crippen LogP contribution in [-0.4, -0.2) is 39.5 Å². The maximum atomic E-state index is 11.9. The molecule has 1 aromatic rings. The minimum absolute atomic E-state index is 0.228. The molecule has 1 fully saturated rings. The van der Waals surface area contributed by atoms with Crippen LogP contribution >= 0.6 is 0 Å². The van der Waals surface area contributed by atoms with Crippen molar-refractivity contribution in [1.82, 2.24) is 14.7 Å². The number of ether oxygens (including phenoxy) is 1. The Hall–Kier alpha value is -1.52. The monoisotopic (exact) mass is 281 g/mol. The van der Waals surface area contributed by atoms with Crippen LogP contribution in [0, 0.1) is 6.92 Å². The standard InChI is InChI=1S/C13H21N3O2.C2H6/c1-10-7-14-16(8-10)11-5-6-15(9-11)12(17)18-13(2,3)4;1-2/h7-8,11H,5-6,9H2,1-4H3;1-2H3. The molecule has 114 valence electrons. The Bertz CT molecular complexity index is 435. The minimum Gasteiger partial charge on any atom is -0.444 e. The van der Waals surface area contributed by atoms with E-state index in [1.165, 1.54) is 0 Å². The number of aromatic nitrogens is 2. The number of carbonyl (C=O) groups excluding carboxylic acids is 1. The number of carbonyl (C=O) groups is 1. The van der Waals surface area contributed by atoms with Gasteiger partial charge in [-0.3, -0.25) is 4.68 Å². The van der Waals surface area contributed by atoms with Crippen molar-refractivity contribution in [3.05, 3.63) is 18.0 Å². The molecule has 2 rings (SSSR count). The highest BCUT2D eigenvalue weighted by Crippen LogP contribution is 2.23. The predicted molar refractivity (Wildman–Crippen MR) is 79.8 cm³/mol. The highest BCUT2D eigenvalue weighted by Gasteiger charge is 2.30. The van der Waals surface area contributed by atoms with Gasteiger partial charge < -0.3 is 9.64 Å². The molecule has 1 amide bonds. The first-order valence-electron chi connectivity index (χ1n) is 7.34. The second kappa shape index (κ2) is 6.77. The Morgan fingerprint density at radius 1 is 1.40 bits per heavy atom. The number of aryl methyl sites for hydroxylation is 1. The van der Waals surface area contributed by atoms with Crippen molar-refractivity contribution >= 4 is 6.09 Å². The first-order chi connectivity index (χ1) is 9.35. The van der Waals surface area contributed by atoms with Gasteiger partial charge in [-0.1, -0.05) is 13.8 Å². The van der Waals surface area contributed by atoms with Crippen molar-refractivity contribution in [2.24, 2.45) is 0 Å². The molecule has 5 heteroatoms. The van der Waals surface area contributed by atoms with Gasteiger partial charge in [-0.2, -0.15) is 5.10 Å². The molecule has 1 unspecified atom stereocenters. The maximum Gasteiger partial charge on any atom is 0.410 e. The molecule has 1 aromatic heterocycles. The summed E-state index contributed by atoms with van der Waals surface area (Å²) in [6.07, 6.45) is 4.56. The van der Waals surface area contributed by atoms with Crippen LogP contribution < -0.4 is 0 Å². The molecular formula is C15H27N3O2. The Morgan fingerprint density at radius 3 is 2.55 bits per heavy atom. The molecule has 0 aromatic carbocycles. The van der Waals surface area contributed by atoms with Crippen molar-refractivity contribution in [2.75, 3.05) is 13.1 Å². The smallest absolute Gasteiger partial charge is 0.410 e. The number of rotatable bonds is 1. The molecule has 0 spiro atoms. The molecule has 1 saturated heterocycles. The average molecular weight is 281 g/mol. The number of likely N-dealkylation sites (tertiary alicyclic amines) is 1. The summed E-state index contributed by atoms with van der Waals surface area (Å²) in [6, 6.07) is 0.270. The molecule has 0 bridgehead atoms. The molecule has 2 heterocycles. The largest absolute Gasteiger partial charge is 0.444 e. The fourth-order valence-corrected chi connectivity index (χ4v) is 2.08. The van der Waals surface area contributed by atoms with Crippen molar-refractivity contribution in [1.29, 1.82) is 0 Å². The van der Waals surface area contributed by atoms with Crippen LogP contribution in [0.15, 0.2) is 12.4 Å². The number of amides is 1. The Balaban J connectivity index is 0.000000956. The van der Waals surface area contributed by atoms with Gasteiger partial charge in [0.1, 0.15) is 5.60 Å². The summed E-state index contributed by atoms with van der Waals surface area (Å²) in [5.74, 6) is 0. The predicted octanol–water partition coefficient (Wildman–Crippen LogP) is 3.40. The zero-order chi connectivity index (χ0) is 15.3. The first-order valence-corrected chi connectivity index (χ1v) is 7.34. The van der Waals surface area contributed by atoms with E-state index in [0.29, 0.717) is 6.54 Å². The van der Waals surface area contributed by atoms with E-state index in [1.54, 1.807) is 4.90 Å². The summed E-state index contributed by atoms with van der Waals surface area (Å²) in [6.45, 7) is 13.1. The van der Waals surface area contributed by atoms with E-state index >= 15 is 0 Å². The van der Waals surface area contributed by atoms with Crippen molar-refractivity contribution in [2.45, 2.75) is 59.6 Å². The van der Waals surface area contributed by atoms with E-state index in [1.807, 2.05) is 58.6 Å². The van der Waals surface area contributed by atoms with Gasteiger partial charge in [0.05, 0.1) is 12.2 Å². The van der Waals surface area contributed by atoms with E-state index in [0.717, 1.165) is 18.5 Å². The third kappa shape index (κ3) is 4.54. The normalized spacial score (nSPS) is 18.5. The summed E-state index contributed by atoms with van der Waals surface area (Å²) in [7, 11) is 0. The van der Waals surface area contributed by atoms with Crippen molar-refractivity contribution < 1.29 is 9.53 Å². The van der Waals surface area contributed by atoms with Crippen LogP contribution in [0.5, 0.6) is 0 Å². The van der Waals surface area contributed by atoms with Gasteiger partial charge >= 0.3 is 6.09 Å². The Kier molecular flexibility index (Phi) is 5.60. The van der Waals surface area contributed by atoms with Crippen molar-refractivity contribution in [3.63, 3.8) is 0 Å². The highest BCUT2D eigenvalue weighted by atomic mass is 16.6. The van der Waals surface area contributed by atoms with Crippen LogP contribution in [0.25, 0.3) is 0 Å². The number of hydrogen-bond acceptors (Lipinski definition) is 3. The van der Waals surface area contributed by atoms with Gasteiger partial charge in [-0.25, -0.2) is 4.79 Å². The molecule has 0 saturated carbocycles. The number of nitrogens with zero attached hydrogens (tertiary/aromatic N) is 3. The fraction of sp³-hybridized carbons (Fsp3) is 0.733. The summed E-state index contributed by atoms with van der Waals surface area (Å²) < 4.78 is 7.31. The summed E-state index contributed by atoms with van der Waals surface area (Å²) >= 11 is 0. The second-order valence-corrected chi connectivity index (χ2v) is 5.87. The van der Waals surface area contributed by atoms with Gasteiger partial charge in [0.25, 0.3) is 0 Å². The minimum atomic E-state index is -0.433. The molecule has 0 radical (unpaired) electrons. The van der Waals surface area contributed by atoms with E-state index in [9.17, 15) is 4.79 Å². The van der Waals surface area contributed by atoms with Crippen LogP contribution in [0.3, 0.4) is 0 Å². The fourth-order valence-electron chi connectivity index (χ4n) is 2.08. The van der Waals surface area contributed by atoms with Crippen LogP contribution in [0.2, 0.25) is 0 Å². The van der Waals surface area contributed by atoms with Crippen LogP contribution in [0.4, 0.5) is 4.79 Å². The topological polar surface area (TPSA) is 47.4 Å². The lowest BCUT2D eigenvalue weighted by Gasteiger charge is -2.24. The molecule has 0 aliphatic carbocycles. The average Bonchev–Trinajstić information content (AvgIpc) is 2.97. The molecule has 5 nitrogen and oxygen atoms in total. The number of hydrogen-bond donors (Lipinski definition) is 0. The molecular weight excluding hydrogens is 254 g/mol. The maximum absolute atomic E-state index is 11.9. The lowest BCUT2D eigenvalue weighted by molar-refractivity contribution is 0.0288. The van der Waals surface area contributed by atoms with E-state index in [-0.39, 0.29) is 12.1 Å². The molecule has 20 heavy (non-hydrogen) atoms. The quantitative estimate of drug-likeness (QED) is 0.792. The van der Waals surface area contributed by atoms with Crippen LogP contribution in [-0.2, 0) is 4.74 Å². The molecule has 1 aliphatic heterocycles. The van der Waals surface area contributed by atoms with Crippen molar-refractivity contribution in [3.8, 4) is 0 Å². The second-order valence-electron chi connectivity index (χ2n) is 5.87. The lowest BCUT2D eigenvalue weighted by Crippen LogP contribution is -2.35. The molecule has 1 aliphatic rings. The third-order valence-electron chi connectivity index (χ3n) is 2.92. The van der Waals surface area contributed by atoms with Gasteiger partial charge in [-0.05, 0) is 39.7 Å². The summed E-state index contributed by atoms with van der Waals surface area (Å²) in [5.41, 5.74) is 0.711. The van der Waals surface area contributed by atoms with E-state index in [2.05, 4.69) is 5.10 Å². The van der Waals surface area contributed by atoms with Gasteiger partial charge in [0.15, 0.2) is 0 Å². The van der Waals surface area contributed by atoms with Gasteiger partial charge in [0, 0.05) is 19.3 Å². The Morgan fingerprint density at radius 2 is 2.05 bits per heavy atom. The van der Waals surface area contributed by atoms with Crippen LogP contribution in [0.1, 0.15) is 52.6 Å². The molecule has 0 N–H and O–H groups in total. The third-order valence-corrected chi connectivity index (χ3v) is 2.92. The van der Waals surface area contributed by atoms with Gasteiger partial charge in [-0.15, -0.1) is 0 Å². The van der Waals surface area contributed by atoms with Gasteiger partial charge in [0.2, 0.25) is 0 Å². The SMILES string of the molecule is CC.Cc1cnn(C2CCN(C(=O)OC(C)(C)C)C2)c1. The zero-order valence-electron chi connectivity index (χ0n) is 13.5. The summed E-state index contributed by atoms with van der Waals surface area (Å²) in [4.78, 5) is 13.7.